The lowest BCUT2D eigenvalue weighted by Crippen LogP contribution is -2.29. The smallest absolute Gasteiger partial charge is 0.248 e. The van der Waals surface area contributed by atoms with E-state index in [1.807, 2.05) is 12.1 Å². The maximum Gasteiger partial charge on any atom is 0.248 e. The average molecular weight is 527 g/mol. The van der Waals surface area contributed by atoms with Crippen LogP contribution in [-0.2, 0) is 24.3 Å². The highest BCUT2D eigenvalue weighted by Crippen LogP contribution is 2.42. The molecule has 4 nitrogen and oxygen atoms in total. The molecule has 2 aliphatic rings. The molecule has 2 aromatic rings. The monoisotopic (exact) mass is 525 g/mol. The lowest BCUT2D eigenvalue weighted by molar-refractivity contribution is -0.111. The Balaban J connectivity index is 1.59. The molecule has 32 heavy (non-hydrogen) atoms. The predicted octanol–water partition coefficient (Wildman–Crippen LogP) is 6.27. The van der Waals surface area contributed by atoms with E-state index < -0.39 is 0 Å². The number of nitrogens with one attached hydrogen (secondary N) is 1. The van der Waals surface area contributed by atoms with Gasteiger partial charge in [0.2, 0.25) is 5.91 Å². The Morgan fingerprint density at radius 1 is 1.25 bits per heavy atom. The van der Waals surface area contributed by atoms with Gasteiger partial charge in [0.25, 0.3) is 0 Å². The summed E-state index contributed by atoms with van der Waals surface area (Å²) >= 11 is 6.79. The largest absolute Gasteiger partial charge is 0.314 e. The molecule has 7 heteroatoms. The number of carbonyl (C=O) groups excluding carboxylic acids is 1. The lowest BCUT2D eigenvalue weighted by Gasteiger charge is -2.27. The maximum absolute atomic E-state index is 12.1. The van der Waals surface area contributed by atoms with Gasteiger partial charge in [-0.05, 0) is 35.8 Å². The van der Waals surface area contributed by atoms with Gasteiger partial charge in [0.1, 0.15) is 10.0 Å². The minimum Gasteiger partial charge on any atom is -0.314 e. The van der Waals surface area contributed by atoms with Crippen LogP contribution in [0, 0.1) is 0 Å². The summed E-state index contributed by atoms with van der Waals surface area (Å²) in [5.41, 5.74) is 3.71. The second-order valence-corrected chi connectivity index (χ2v) is 10.6. The SMILES string of the molecule is C=CC(=O)Nc1sc2c(c1C1=NC/C(=C\C=C(\Br)C=C)S1)CCN(Cc1ccccc1)C2. The molecule has 0 aliphatic carbocycles. The summed E-state index contributed by atoms with van der Waals surface area (Å²) in [5.74, 6) is -0.191. The zero-order chi connectivity index (χ0) is 22.5. The van der Waals surface area contributed by atoms with E-state index >= 15 is 0 Å². The Kier molecular flexibility index (Phi) is 7.63. The molecule has 1 amide bonds. The molecule has 0 unspecified atom stereocenters. The molecular formula is C25H24BrN3OS2. The topological polar surface area (TPSA) is 44.7 Å². The summed E-state index contributed by atoms with van der Waals surface area (Å²) in [5, 5.41) is 4.88. The molecule has 0 atom stereocenters. The molecule has 3 heterocycles. The molecule has 0 radical (unpaired) electrons. The third-order valence-corrected chi connectivity index (χ3v) is 8.02. The van der Waals surface area contributed by atoms with Gasteiger partial charge in [-0.3, -0.25) is 14.7 Å². The number of amides is 1. The third-order valence-electron chi connectivity index (χ3n) is 5.25. The number of benzene rings is 1. The van der Waals surface area contributed by atoms with Gasteiger partial charge in [-0.1, -0.05) is 77.3 Å². The van der Waals surface area contributed by atoms with Crippen molar-refractivity contribution in [2.45, 2.75) is 19.5 Å². The number of allylic oxidation sites excluding steroid dienone is 4. The van der Waals surface area contributed by atoms with Gasteiger partial charge in [0, 0.05) is 39.5 Å². The zero-order valence-corrected chi connectivity index (χ0v) is 20.9. The minimum absolute atomic E-state index is 0.191. The first-order valence-electron chi connectivity index (χ1n) is 10.3. The van der Waals surface area contributed by atoms with Gasteiger partial charge < -0.3 is 5.32 Å². The van der Waals surface area contributed by atoms with E-state index in [-0.39, 0.29) is 5.91 Å². The van der Waals surface area contributed by atoms with E-state index in [0.29, 0.717) is 6.54 Å². The standard InChI is InChI=1S/C25H24BrN3OS2/c1-3-18(26)10-11-19-14-27-24(31-19)23-20-12-13-29(15-17-8-6-5-7-9-17)16-21(20)32-25(23)28-22(30)4-2/h3-11H,1-2,12-16H2,(H,28,30)/b18-10+,19-11+. The highest BCUT2D eigenvalue weighted by Gasteiger charge is 2.29. The van der Waals surface area contributed by atoms with Crippen LogP contribution in [0.5, 0.6) is 0 Å². The molecule has 1 aromatic heterocycles. The second kappa shape index (κ2) is 10.6. The molecule has 4 rings (SSSR count). The van der Waals surface area contributed by atoms with Crippen LogP contribution >= 0.6 is 39.0 Å². The first-order valence-corrected chi connectivity index (χ1v) is 12.8. The first-order chi connectivity index (χ1) is 15.6. The van der Waals surface area contributed by atoms with Crippen LogP contribution in [0.3, 0.4) is 0 Å². The molecule has 0 saturated heterocycles. The summed E-state index contributed by atoms with van der Waals surface area (Å²) in [7, 11) is 0. The molecule has 0 bridgehead atoms. The van der Waals surface area contributed by atoms with Crippen molar-refractivity contribution in [2.24, 2.45) is 4.99 Å². The van der Waals surface area contributed by atoms with Crippen LogP contribution in [0.15, 0.2) is 82.2 Å². The van der Waals surface area contributed by atoms with Gasteiger partial charge >= 0.3 is 0 Å². The van der Waals surface area contributed by atoms with Crippen LogP contribution < -0.4 is 5.32 Å². The number of thioether (sulfide) groups is 1. The number of rotatable bonds is 7. The summed E-state index contributed by atoms with van der Waals surface area (Å²) in [6.45, 7) is 10.8. The van der Waals surface area contributed by atoms with Gasteiger partial charge in [-0.15, -0.1) is 11.3 Å². The van der Waals surface area contributed by atoms with Crippen molar-refractivity contribution in [2.75, 3.05) is 18.4 Å². The summed E-state index contributed by atoms with van der Waals surface area (Å²) in [6, 6.07) is 10.6. The van der Waals surface area contributed by atoms with Crippen molar-refractivity contribution in [3.8, 4) is 0 Å². The Hall–Kier alpha value is -2.19. The molecule has 2 aliphatic heterocycles. The number of hydrogen-bond donors (Lipinski definition) is 1. The van der Waals surface area contributed by atoms with Crippen molar-refractivity contribution in [3.05, 3.63) is 98.7 Å². The lowest BCUT2D eigenvalue weighted by atomic mass is 10.0. The number of hydrogen-bond acceptors (Lipinski definition) is 5. The first kappa shape index (κ1) is 23.0. The molecule has 1 aromatic carbocycles. The van der Waals surface area contributed by atoms with Crippen molar-refractivity contribution in [1.29, 1.82) is 0 Å². The molecule has 1 N–H and O–H groups in total. The number of nitrogens with zero attached hydrogens (tertiary/aromatic N) is 2. The number of carbonyl (C=O) groups is 1. The van der Waals surface area contributed by atoms with E-state index in [1.54, 1.807) is 29.2 Å². The number of fused-ring (bicyclic) bond motifs is 1. The zero-order valence-electron chi connectivity index (χ0n) is 17.6. The Morgan fingerprint density at radius 3 is 2.81 bits per heavy atom. The van der Waals surface area contributed by atoms with Gasteiger partial charge in [-0.25, -0.2) is 0 Å². The summed E-state index contributed by atoms with van der Waals surface area (Å²) in [6.07, 6.45) is 8.07. The third kappa shape index (κ3) is 5.41. The number of aliphatic imine (C=N–C) groups is 1. The van der Waals surface area contributed by atoms with E-state index in [0.717, 1.165) is 46.1 Å². The Bertz CT molecular complexity index is 1130. The molecule has 164 valence electrons. The number of anilines is 1. The van der Waals surface area contributed by atoms with E-state index in [9.17, 15) is 4.79 Å². The van der Waals surface area contributed by atoms with Crippen LogP contribution in [0.2, 0.25) is 0 Å². The fraction of sp³-hybridized carbons (Fsp3) is 0.200. The quantitative estimate of drug-likeness (QED) is 0.342. The predicted molar refractivity (Wildman–Crippen MR) is 142 cm³/mol. The molecule has 0 fully saturated rings. The van der Waals surface area contributed by atoms with Gasteiger partial charge in [0.15, 0.2) is 0 Å². The van der Waals surface area contributed by atoms with Crippen LogP contribution in [-0.4, -0.2) is 28.9 Å². The average Bonchev–Trinajstić information content (AvgIpc) is 3.41. The van der Waals surface area contributed by atoms with Crippen LogP contribution in [0.25, 0.3) is 0 Å². The van der Waals surface area contributed by atoms with Crippen molar-refractivity contribution >= 4 is 55.0 Å². The van der Waals surface area contributed by atoms with Crippen molar-refractivity contribution in [1.82, 2.24) is 4.90 Å². The minimum atomic E-state index is -0.191. The number of halogens is 1. The Morgan fingerprint density at radius 2 is 2.06 bits per heavy atom. The highest BCUT2D eigenvalue weighted by molar-refractivity contribution is 9.11. The van der Waals surface area contributed by atoms with Gasteiger partial charge in [0.05, 0.1) is 6.54 Å². The molecule has 0 spiro atoms. The van der Waals surface area contributed by atoms with Crippen LogP contribution in [0.4, 0.5) is 5.00 Å². The van der Waals surface area contributed by atoms with Crippen molar-refractivity contribution in [3.63, 3.8) is 0 Å². The van der Waals surface area contributed by atoms with E-state index in [1.165, 1.54) is 27.0 Å². The highest BCUT2D eigenvalue weighted by atomic mass is 79.9. The fourth-order valence-corrected chi connectivity index (χ4v) is 6.17. The maximum atomic E-state index is 12.1. The molecule has 0 saturated carbocycles. The fourth-order valence-electron chi connectivity index (χ4n) is 3.71. The normalized spacial score (nSPS) is 17.7. The summed E-state index contributed by atoms with van der Waals surface area (Å²) in [4.78, 5) is 21.9. The van der Waals surface area contributed by atoms with E-state index in [2.05, 4.69) is 69.6 Å². The van der Waals surface area contributed by atoms with E-state index in [4.69, 9.17) is 4.99 Å². The molecular weight excluding hydrogens is 502 g/mol. The second-order valence-electron chi connectivity index (χ2n) is 7.46. The van der Waals surface area contributed by atoms with Gasteiger partial charge in [-0.2, -0.15) is 0 Å². The van der Waals surface area contributed by atoms with Crippen LogP contribution in [0.1, 0.15) is 21.6 Å². The number of thiophene rings is 1. The Labute approximate surface area is 205 Å². The van der Waals surface area contributed by atoms with Crippen molar-refractivity contribution < 1.29 is 4.79 Å². The summed E-state index contributed by atoms with van der Waals surface area (Å²) < 4.78 is 0.935.